The number of allylic oxidation sites excluding steroid dienone is 1. The maximum atomic E-state index is 12.5. The number of ketones is 1. The van der Waals surface area contributed by atoms with E-state index in [1.54, 1.807) is 0 Å². The molecule has 0 aliphatic rings. The zero-order valence-corrected chi connectivity index (χ0v) is 12.6. The minimum atomic E-state index is -4.39. The van der Waals surface area contributed by atoms with Gasteiger partial charge in [0.15, 0.2) is 5.78 Å². The van der Waals surface area contributed by atoms with E-state index in [2.05, 4.69) is 4.74 Å². The van der Waals surface area contributed by atoms with Crippen molar-refractivity contribution >= 4 is 17.8 Å². The first-order valence-electron chi connectivity index (χ1n) is 6.89. The lowest BCUT2D eigenvalue weighted by Gasteiger charge is -2.05. The van der Waals surface area contributed by atoms with Crippen LogP contribution in [0.2, 0.25) is 0 Å². The smallest absolute Gasteiger partial charge is 0.416 e. The van der Waals surface area contributed by atoms with E-state index in [1.165, 1.54) is 55.7 Å². The number of esters is 1. The van der Waals surface area contributed by atoms with E-state index in [0.29, 0.717) is 16.7 Å². The van der Waals surface area contributed by atoms with E-state index in [-0.39, 0.29) is 5.78 Å². The molecule has 2 aromatic carbocycles. The van der Waals surface area contributed by atoms with Crippen LogP contribution in [0, 0.1) is 0 Å². The summed E-state index contributed by atoms with van der Waals surface area (Å²) in [5.74, 6) is -0.833. The number of halogens is 3. The highest BCUT2D eigenvalue weighted by Crippen LogP contribution is 2.29. The summed E-state index contributed by atoms with van der Waals surface area (Å²) in [4.78, 5) is 23.3. The van der Waals surface area contributed by atoms with Crippen LogP contribution >= 0.6 is 0 Å². The van der Waals surface area contributed by atoms with Crippen molar-refractivity contribution in [2.24, 2.45) is 0 Å². The number of hydrogen-bond acceptors (Lipinski definition) is 3. The highest BCUT2D eigenvalue weighted by atomic mass is 19.4. The first-order chi connectivity index (χ1) is 11.3. The molecule has 0 atom stereocenters. The number of carbonyl (C=O) groups excluding carboxylic acids is 2. The van der Waals surface area contributed by atoms with Gasteiger partial charge < -0.3 is 4.74 Å². The normalized spacial score (nSPS) is 11.5. The van der Waals surface area contributed by atoms with E-state index in [4.69, 9.17) is 0 Å². The maximum absolute atomic E-state index is 12.5. The summed E-state index contributed by atoms with van der Waals surface area (Å²) in [6, 6.07) is 10.4. The zero-order chi connectivity index (χ0) is 17.7. The van der Waals surface area contributed by atoms with Crippen LogP contribution in [0.15, 0.2) is 54.6 Å². The minimum absolute atomic E-state index is 0.320. The van der Waals surface area contributed by atoms with Crippen molar-refractivity contribution in [3.05, 3.63) is 76.9 Å². The van der Waals surface area contributed by atoms with Gasteiger partial charge in [-0.05, 0) is 35.9 Å². The predicted molar refractivity (Wildman–Crippen MR) is 82.6 cm³/mol. The van der Waals surface area contributed by atoms with Gasteiger partial charge in [-0.1, -0.05) is 30.3 Å². The molecular formula is C18H13F3O3. The summed E-state index contributed by atoms with van der Waals surface area (Å²) in [6.07, 6.45) is -1.70. The van der Waals surface area contributed by atoms with Gasteiger partial charge in [-0.3, -0.25) is 4.79 Å². The van der Waals surface area contributed by atoms with Crippen molar-refractivity contribution in [3.8, 4) is 0 Å². The van der Waals surface area contributed by atoms with E-state index < -0.39 is 17.7 Å². The third-order valence-electron chi connectivity index (χ3n) is 3.26. The molecule has 24 heavy (non-hydrogen) atoms. The Bertz CT molecular complexity index is 758. The van der Waals surface area contributed by atoms with Crippen molar-refractivity contribution in [2.45, 2.75) is 6.18 Å². The van der Waals surface area contributed by atoms with Crippen LogP contribution in [0.1, 0.15) is 31.8 Å². The summed E-state index contributed by atoms with van der Waals surface area (Å²) in [5, 5.41) is 0. The van der Waals surface area contributed by atoms with Crippen LogP contribution in [0.3, 0.4) is 0 Å². The number of alkyl halides is 3. The van der Waals surface area contributed by atoms with Crippen LogP contribution in [0.4, 0.5) is 13.2 Å². The summed E-state index contributed by atoms with van der Waals surface area (Å²) in [6.45, 7) is 0. The van der Waals surface area contributed by atoms with E-state index in [0.717, 1.165) is 12.1 Å². The quantitative estimate of drug-likeness (QED) is 0.473. The summed E-state index contributed by atoms with van der Waals surface area (Å²) >= 11 is 0. The molecule has 0 saturated heterocycles. The lowest BCUT2D eigenvalue weighted by Crippen LogP contribution is -2.04. The topological polar surface area (TPSA) is 43.4 Å². The van der Waals surface area contributed by atoms with Gasteiger partial charge in [-0.2, -0.15) is 13.2 Å². The van der Waals surface area contributed by atoms with Crippen LogP contribution < -0.4 is 0 Å². The second kappa shape index (κ2) is 7.12. The van der Waals surface area contributed by atoms with Gasteiger partial charge in [0.1, 0.15) is 0 Å². The van der Waals surface area contributed by atoms with Crippen LogP contribution in [-0.4, -0.2) is 18.9 Å². The molecule has 0 aliphatic carbocycles. The molecule has 124 valence electrons. The standard InChI is InChI=1S/C18H13F3O3/c1-24-17(23)14-7-5-13(6-8-14)16(22)11-4-12-2-9-15(10-3-12)18(19,20)21/h2-11H,1H3. The number of carbonyl (C=O) groups is 2. The van der Waals surface area contributed by atoms with Crippen molar-refractivity contribution in [1.82, 2.24) is 0 Å². The second-order valence-corrected chi connectivity index (χ2v) is 4.89. The highest BCUT2D eigenvalue weighted by molar-refractivity contribution is 6.07. The summed E-state index contributed by atoms with van der Waals surface area (Å²) in [5.41, 5.74) is 0.401. The lowest BCUT2D eigenvalue weighted by atomic mass is 10.1. The average molecular weight is 334 g/mol. The number of hydrogen-bond donors (Lipinski definition) is 0. The van der Waals surface area contributed by atoms with Gasteiger partial charge in [0.25, 0.3) is 0 Å². The van der Waals surface area contributed by atoms with Crippen molar-refractivity contribution in [3.63, 3.8) is 0 Å². The molecule has 0 fully saturated rings. The molecule has 0 spiro atoms. The van der Waals surface area contributed by atoms with Gasteiger partial charge in [0.2, 0.25) is 0 Å². The predicted octanol–water partition coefficient (Wildman–Crippen LogP) is 4.39. The fraction of sp³-hybridized carbons (Fsp3) is 0.111. The van der Waals surface area contributed by atoms with Crippen molar-refractivity contribution in [2.75, 3.05) is 7.11 Å². The molecule has 0 saturated carbocycles. The monoisotopic (exact) mass is 334 g/mol. The van der Waals surface area contributed by atoms with Crippen LogP contribution in [-0.2, 0) is 10.9 Å². The van der Waals surface area contributed by atoms with E-state index >= 15 is 0 Å². The Balaban J connectivity index is 2.08. The molecule has 0 bridgehead atoms. The van der Waals surface area contributed by atoms with Gasteiger partial charge >= 0.3 is 12.1 Å². The second-order valence-electron chi connectivity index (χ2n) is 4.89. The lowest BCUT2D eigenvalue weighted by molar-refractivity contribution is -0.137. The highest BCUT2D eigenvalue weighted by Gasteiger charge is 2.29. The Morgan fingerprint density at radius 1 is 0.917 bits per heavy atom. The first-order valence-corrected chi connectivity index (χ1v) is 6.89. The minimum Gasteiger partial charge on any atom is -0.465 e. The fourth-order valence-electron chi connectivity index (χ4n) is 1.94. The molecule has 0 N–H and O–H groups in total. The van der Waals surface area contributed by atoms with Crippen LogP contribution in [0.25, 0.3) is 6.08 Å². The van der Waals surface area contributed by atoms with Gasteiger partial charge in [-0.15, -0.1) is 0 Å². The maximum Gasteiger partial charge on any atom is 0.416 e. The molecule has 0 unspecified atom stereocenters. The third-order valence-corrected chi connectivity index (χ3v) is 3.26. The average Bonchev–Trinajstić information content (AvgIpc) is 2.58. The van der Waals surface area contributed by atoms with E-state index in [1.807, 2.05) is 0 Å². The Morgan fingerprint density at radius 3 is 1.96 bits per heavy atom. The van der Waals surface area contributed by atoms with Crippen molar-refractivity contribution in [1.29, 1.82) is 0 Å². The van der Waals surface area contributed by atoms with Crippen LogP contribution in [0.5, 0.6) is 0 Å². The molecule has 0 radical (unpaired) electrons. The molecule has 0 heterocycles. The molecule has 2 aromatic rings. The molecule has 0 aromatic heterocycles. The number of methoxy groups -OCH3 is 1. The molecule has 0 amide bonds. The van der Waals surface area contributed by atoms with Gasteiger partial charge in [0, 0.05) is 5.56 Å². The van der Waals surface area contributed by atoms with Crippen molar-refractivity contribution < 1.29 is 27.5 Å². The number of ether oxygens (including phenoxy) is 1. The first kappa shape index (κ1) is 17.5. The molecule has 0 aliphatic heterocycles. The number of benzene rings is 2. The SMILES string of the molecule is COC(=O)c1ccc(C(=O)C=Cc2ccc(C(F)(F)F)cc2)cc1. The Hall–Kier alpha value is -2.89. The molecule has 3 nitrogen and oxygen atoms in total. The van der Waals surface area contributed by atoms with E-state index in [9.17, 15) is 22.8 Å². The Morgan fingerprint density at radius 2 is 1.46 bits per heavy atom. The van der Waals surface area contributed by atoms with Gasteiger partial charge in [0.05, 0.1) is 18.2 Å². The number of rotatable bonds is 4. The molecule has 6 heteroatoms. The van der Waals surface area contributed by atoms with Gasteiger partial charge in [-0.25, -0.2) is 4.79 Å². The fourth-order valence-corrected chi connectivity index (χ4v) is 1.94. The molecular weight excluding hydrogens is 321 g/mol. The molecule has 2 rings (SSSR count). The zero-order valence-electron chi connectivity index (χ0n) is 12.6. The summed E-state index contributed by atoms with van der Waals surface area (Å²) < 4.78 is 42.0. The Kier molecular flexibility index (Phi) is 5.18. The largest absolute Gasteiger partial charge is 0.465 e. The summed E-state index contributed by atoms with van der Waals surface area (Å²) in [7, 11) is 1.26. The Labute approximate surface area is 136 Å². The third kappa shape index (κ3) is 4.32.